The zero-order valence-corrected chi connectivity index (χ0v) is 11.0. The predicted molar refractivity (Wildman–Crippen MR) is 68.9 cm³/mol. The van der Waals surface area contributed by atoms with Crippen LogP contribution < -0.4 is 0 Å². The van der Waals surface area contributed by atoms with Gasteiger partial charge < -0.3 is 4.90 Å². The molecule has 1 aromatic carbocycles. The van der Waals surface area contributed by atoms with E-state index in [4.69, 9.17) is 0 Å². The van der Waals surface area contributed by atoms with Crippen molar-refractivity contribution in [2.45, 2.75) is 38.3 Å². The number of halogens is 3. The first-order valence-electron chi connectivity index (χ1n) is 6.85. The van der Waals surface area contributed by atoms with Gasteiger partial charge >= 0.3 is 6.18 Å². The summed E-state index contributed by atoms with van der Waals surface area (Å²) in [5.74, 6) is 0. The van der Waals surface area contributed by atoms with Crippen LogP contribution in [0.5, 0.6) is 0 Å². The first-order chi connectivity index (χ1) is 9.05. The number of hydrogen-bond donors (Lipinski definition) is 0. The summed E-state index contributed by atoms with van der Waals surface area (Å²) >= 11 is 0. The van der Waals surface area contributed by atoms with Gasteiger partial charge in [0.2, 0.25) is 0 Å². The highest BCUT2D eigenvalue weighted by Gasteiger charge is 2.30. The van der Waals surface area contributed by atoms with Gasteiger partial charge in [-0.3, -0.25) is 0 Å². The maximum absolute atomic E-state index is 12.6. The van der Waals surface area contributed by atoms with Gasteiger partial charge in [0.15, 0.2) is 0 Å². The third-order valence-corrected chi connectivity index (χ3v) is 3.56. The van der Waals surface area contributed by atoms with E-state index in [1.54, 1.807) is 6.07 Å². The molecule has 0 amide bonds. The molecule has 1 radical (unpaired) electrons. The van der Waals surface area contributed by atoms with Crippen molar-refractivity contribution >= 4 is 0 Å². The van der Waals surface area contributed by atoms with Gasteiger partial charge in [0, 0.05) is 0 Å². The highest BCUT2D eigenvalue weighted by atomic mass is 19.4. The largest absolute Gasteiger partial charge is 0.416 e. The molecule has 19 heavy (non-hydrogen) atoms. The number of benzene rings is 1. The fraction of sp³-hybridized carbons (Fsp3) is 0.600. The normalized spacial score (nSPS) is 17.6. The molecular formula is C15H19F3N. The molecule has 1 aliphatic heterocycles. The standard InChI is InChI=1S/C15H19F3N/c16-15(17,18)14-8-4-6-13(12-14)7-5-11-19-9-2-1-3-10-19/h6,8,12H,1-3,5,7,9-11H2. The van der Waals surface area contributed by atoms with E-state index in [1.807, 2.05) is 0 Å². The second-order valence-corrected chi connectivity index (χ2v) is 5.13. The van der Waals surface area contributed by atoms with Crippen LogP contribution in [-0.4, -0.2) is 24.5 Å². The van der Waals surface area contributed by atoms with Gasteiger partial charge in [0.1, 0.15) is 0 Å². The third-order valence-electron chi connectivity index (χ3n) is 3.56. The maximum atomic E-state index is 12.6. The second-order valence-electron chi connectivity index (χ2n) is 5.13. The second kappa shape index (κ2) is 6.42. The van der Waals surface area contributed by atoms with Gasteiger partial charge in [-0.1, -0.05) is 12.5 Å². The number of piperidine rings is 1. The Hall–Kier alpha value is -1.03. The van der Waals surface area contributed by atoms with Crippen LogP contribution in [0.2, 0.25) is 0 Å². The van der Waals surface area contributed by atoms with E-state index in [9.17, 15) is 13.2 Å². The minimum atomic E-state index is -4.26. The molecule has 0 unspecified atom stereocenters. The summed E-state index contributed by atoms with van der Waals surface area (Å²) in [6, 6.07) is 6.50. The molecule has 1 heterocycles. The minimum absolute atomic E-state index is 0.594. The SMILES string of the molecule is FC(F)(F)c1c[c]cc(CCCN2CCCCC2)c1. The van der Waals surface area contributed by atoms with Crippen LogP contribution in [0.1, 0.15) is 36.8 Å². The van der Waals surface area contributed by atoms with Gasteiger partial charge in [-0.25, -0.2) is 0 Å². The molecule has 1 aliphatic rings. The molecular weight excluding hydrogens is 251 g/mol. The Labute approximate surface area is 112 Å². The predicted octanol–water partition coefficient (Wildman–Crippen LogP) is 3.92. The molecule has 105 valence electrons. The summed E-state index contributed by atoms with van der Waals surface area (Å²) in [6.45, 7) is 3.25. The van der Waals surface area contributed by atoms with Gasteiger partial charge in [-0.2, -0.15) is 13.2 Å². The molecule has 1 nitrogen and oxygen atoms in total. The fourth-order valence-corrected chi connectivity index (χ4v) is 2.52. The lowest BCUT2D eigenvalue weighted by Gasteiger charge is -2.26. The topological polar surface area (TPSA) is 3.24 Å². The van der Waals surface area contributed by atoms with Crippen molar-refractivity contribution in [2.75, 3.05) is 19.6 Å². The van der Waals surface area contributed by atoms with Crippen molar-refractivity contribution in [1.82, 2.24) is 4.90 Å². The average molecular weight is 270 g/mol. The number of aryl methyl sites for hydroxylation is 1. The lowest BCUT2D eigenvalue weighted by atomic mass is 10.1. The van der Waals surface area contributed by atoms with Gasteiger partial charge in [-0.15, -0.1) is 0 Å². The summed E-state index contributed by atoms with van der Waals surface area (Å²) in [6.07, 6.45) is 1.14. The first kappa shape index (κ1) is 14.4. The number of rotatable bonds is 4. The summed E-state index contributed by atoms with van der Waals surface area (Å²) in [4.78, 5) is 2.40. The average Bonchev–Trinajstić information content (AvgIpc) is 2.39. The van der Waals surface area contributed by atoms with Gasteiger partial charge in [0.25, 0.3) is 0 Å². The van der Waals surface area contributed by atoms with E-state index < -0.39 is 11.7 Å². The van der Waals surface area contributed by atoms with Crippen molar-refractivity contribution in [3.05, 3.63) is 35.4 Å². The number of nitrogens with zero attached hydrogens (tertiary/aromatic N) is 1. The molecule has 0 bridgehead atoms. The molecule has 1 aromatic rings. The Morgan fingerprint density at radius 2 is 1.84 bits per heavy atom. The molecule has 0 N–H and O–H groups in total. The molecule has 1 saturated heterocycles. The summed E-state index contributed by atoms with van der Waals surface area (Å²) in [7, 11) is 0. The maximum Gasteiger partial charge on any atom is 0.416 e. The van der Waals surface area contributed by atoms with Crippen LogP contribution in [-0.2, 0) is 12.6 Å². The van der Waals surface area contributed by atoms with Crippen LogP contribution in [0.3, 0.4) is 0 Å². The van der Waals surface area contributed by atoms with Crippen LogP contribution in [0.4, 0.5) is 13.2 Å². The summed E-state index contributed by atoms with van der Waals surface area (Å²) in [5.41, 5.74) is 0.134. The van der Waals surface area contributed by atoms with Gasteiger partial charge in [-0.05, 0) is 69.1 Å². The van der Waals surface area contributed by atoms with Crippen LogP contribution in [0.15, 0.2) is 18.2 Å². The minimum Gasteiger partial charge on any atom is -0.303 e. The van der Waals surface area contributed by atoms with Crippen LogP contribution in [0, 0.1) is 6.07 Å². The van der Waals surface area contributed by atoms with E-state index >= 15 is 0 Å². The van der Waals surface area contributed by atoms with Crippen molar-refractivity contribution in [3.63, 3.8) is 0 Å². The fourth-order valence-electron chi connectivity index (χ4n) is 2.52. The molecule has 0 atom stereocenters. The number of likely N-dealkylation sites (tertiary alicyclic amines) is 1. The molecule has 4 heteroatoms. The Balaban J connectivity index is 1.82. The van der Waals surface area contributed by atoms with Crippen molar-refractivity contribution < 1.29 is 13.2 Å². The highest BCUT2D eigenvalue weighted by molar-refractivity contribution is 5.24. The zero-order chi connectivity index (χ0) is 13.7. The Kier molecular flexibility index (Phi) is 4.86. The van der Waals surface area contributed by atoms with E-state index in [0.29, 0.717) is 6.42 Å². The lowest BCUT2D eigenvalue weighted by Crippen LogP contribution is -2.30. The molecule has 0 spiro atoms. The quantitative estimate of drug-likeness (QED) is 0.801. The van der Waals surface area contributed by atoms with Crippen LogP contribution in [0.25, 0.3) is 0 Å². The smallest absolute Gasteiger partial charge is 0.303 e. The highest BCUT2D eigenvalue weighted by Crippen LogP contribution is 2.29. The summed E-state index contributed by atoms with van der Waals surface area (Å²) < 4.78 is 37.7. The van der Waals surface area contributed by atoms with Crippen molar-refractivity contribution in [3.8, 4) is 0 Å². The van der Waals surface area contributed by atoms with Crippen molar-refractivity contribution in [2.24, 2.45) is 0 Å². The van der Waals surface area contributed by atoms with E-state index in [-0.39, 0.29) is 0 Å². The van der Waals surface area contributed by atoms with Gasteiger partial charge in [0.05, 0.1) is 5.56 Å². The summed E-state index contributed by atoms with van der Waals surface area (Å²) in [5, 5.41) is 0. The number of hydrogen-bond acceptors (Lipinski definition) is 1. The Bertz CT molecular complexity index is 395. The lowest BCUT2D eigenvalue weighted by molar-refractivity contribution is -0.137. The Morgan fingerprint density at radius 3 is 2.53 bits per heavy atom. The van der Waals surface area contributed by atoms with E-state index in [0.717, 1.165) is 37.7 Å². The molecule has 2 rings (SSSR count). The molecule has 0 aromatic heterocycles. The molecule has 1 fully saturated rings. The van der Waals surface area contributed by atoms with E-state index in [1.165, 1.54) is 25.3 Å². The van der Waals surface area contributed by atoms with Crippen LogP contribution >= 0.6 is 0 Å². The Morgan fingerprint density at radius 1 is 1.11 bits per heavy atom. The molecule has 0 saturated carbocycles. The first-order valence-corrected chi connectivity index (χ1v) is 6.85. The zero-order valence-electron chi connectivity index (χ0n) is 11.0. The molecule has 0 aliphatic carbocycles. The monoisotopic (exact) mass is 270 g/mol. The van der Waals surface area contributed by atoms with Crippen molar-refractivity contribution in [1.29, 1.82) is 0 Å². The third kappa shape index (κ3) is 4.53. The van der Waals surface area contributed by atoms with E-state index in [2.05, 4.69) is 11.0 Å². The number of alkyl halides is 3.